The Morgan fingerprint density at radius 2 is 1.76 bits per heavy atom. The Labute approximate surface area is 104 Å². The van der Waals surface area contributed by atoms with Crippen molar-refractivity contribution < 1.29 is 9.47 Å². The quantitative estimate of drug-likeness (QED) is 0.669. The molecule has 1 N–H and O–H groups in total. The zero-order valence-corrected chi connectivity index (χ0v) is 10.9. The van der Waals surface area contributed by atoms with Gasteiger partial charge >= 0.3 is 0 Å². The number of hydrogen-bond acceptors (Lipinski definition) is 3. The lowest BCUT2D eigenvalue weighted by Gasteiger charge is -2.06. The summed E-state index contributed by atoms with van der Waals surface area (Å²) in [6.45, 7) is 6.24. The summed E-state index contributed by atoms with van der Waals surface area (Å²) in [7, 11) is 1.71. The maximum absolute atomic E-state index is 5.39. The Kier molecular flexibility index (Phi) is 7.63. The van der Waals surface area contributed by atoms with Gasteiger partial charge < -0.3 is 14.8 Å². The molecule has 0 radical (unpaired) electrons. The van der Waals surface area contributed by atoms with Crippen molar-refractivity contribution in [3.05, 3.63) is 35.4 Å². The van der Waals surface area contributed by atoms with Crippen LogP contribution in [0.3, 0.4) is 0 Å². The molecule has 0 bridgehead atoms. The predicted molar refractivity (Wildman–Crippen MR) is 70.0 cm³/mol. The molecule has 0 spiro atoms. The van der Waals surface area contributed by atoms with Crippen molar-refractivity contribution in [1.29, 1.82) is 0 Å². The summed E-state index contributed by atoms with van der Waals surface area (Å²) in [5.41, 5.74) is 2.50. The average Bonchev–Trinajstić information content (AvgIpc) is 2.36. The standard InChI is InChI=1S/C14H23NO2/c1-3-9-17-10-8-15-11-13-4-6-14(7-5-13)12-16-2/h4-7,15H,3,8-12H2,1-2H3. The maximum Gasteiger partial charge on any atom is 0.0713 e. The summed E-state index contributed by atoms with van der Waals surface area (Å²) < 4.78 is 10.5. The number of ether oxygens (including phenoxy) is 2. The second kappa shape index (κ2) is 9.16. The fourth-order valence-corrected chi connectivity index (χ4v) is 1.54. The van der Waals surface area contributed by atoms with Crippen LogP contribution in [0.25, 0.3) is 0 Å². The van der Waals surface area contributed by atoms with Crippen LogP contribution in [0, 0.1) is 0 Å². The minimum absolute atomic E-state index is 0.679. The smallest absolute Gasteiger partial charge is 0.0713 e. The number of rotatable bonds is 9. The lowest BCUT2D eigenvalue weighted by atomic mass is 10.1. The summed E-state index contributed by atoms with van der Waals surface area (Å²) in [6.07, 6.45) is 1.08. The normalized spacial score (nSPS) is 10.7. The first-order chi connectivity index (χ1) is 8.36. The Bertz CT molecular complexity index is 285. The fourth-order valence-electron chi connectivity index (χ4n) is 1.54. The molecule has 3 heteroatoms. The van der Waals surface area contributed by atoms with Gasteiger partial charge in [-0.15, -0.1) is 0 Å². The summed E-state index contributed by atoms with van der Waals surface area (Å²) in [4.78, 5) is 0. The molecule has 0 unspecified atom stereocenters. The Hall–Kier alpha value is -0.900. The van der Waals surface area contributed by atoms with E-state index in [-0.39, 0.29) is 0 Å². The van der Waals surface area contributed by atoms with Crippen LogP contribution in [-0.2, 0) is 22.6 Å². The van der Waals surface area contributed by atoms with Crippen LogP contribution in [-0.4, -0.2) is 26.9 Å². The second-order valence-electron chi connectivity index (χ2n) is 4.04. The van der Waals surface area contributed by atoms with Crippen LogP contribution in [0.1, 0.15) is 24.5 Å². The second-order valence-corrected chi connectivity index (χ2v) is 4.04. The topological polar surface area (TPSA) is 30.5 Å². The molecule has 96 valence electrons. The third-order valence-corrected chi connectivity index (χ3v) is 2.43. The molecule has 0 amide bonds. The van der Waals surface area contributed by atoms with Gasteiger partial charge in [0.1, 0.15) is 0 Å². The molecule has 3 nitrogen and oxygen atoms in total. The highest BCUT2D eigenvalue weighted by Gasteiger charge is 1.94. The summed E-state index contributed by atoms with van der Waals surface area (Å²) in [6, 6.07) is 8.48. The summed E-state index contributed by atoms with van der Waals surface area (Å²) in [5, 5.41) is 3.36. The Balaban J connectivity index is 2.14. The third-order valence-electron chi connectivity index (χ3n) is 2.43. The van der Waals surface area contributed by atoms with E-state index in [4.69, 9.17) is 9.47 Å². The molecule has 0 aliphatic heterocycles. The number of hydrogen-bond donors (Lipinski definition) is 1. The van der Waals surface area contributed by atoms with Crippen molar-refractivity contribution in [2.45, 2.75) is 26.5 Å². The van der Waals surface area contributed by atoms with Crippen molar-refractivity contribution in [2.24, 2.45) is 0 Å². The van der Waals surface area contributed by atoms with Crippen molar-refractivity contribution >= 4 is 0 Å². The van der Waals surface area contributed by atoms with Gasteiger partial charge in [-0.05, 0) is 17.5 Å². The third kappa shape index (κ3) is 6.41. The van der Waals surface area contributed by atoms with Gasteiger partial charge in [-0.25, -0.2) is 0 Å². The minimum Gasteiger partial charge on any atom is -0.380 e. The van der Waals surface area contributed by atoms with Crippen molar-refractivity contribution in [3.63, 3.8) is 0 Å². The molecule has 0 saturated carbocycles. The van der Waals surface area contributed by atoms with E-state index in [2.05, 4.69) is 36.5 Å². The van der Waals surface area contributed by atoms with Crippen LogP contribution in [0.15, 0.2) is 24.3 Å². The first-order valence-electron chi connectivity index (χ1n) is 6.22. The van der Waals surface area contributed by atoms with Crippen molar-refractivity contribution in [1.82, 2.24) is 5.32 Å². The number of methoxy groups -OCH3 is 1. The Morgan fingerprint density at radius 3 is 2.41 bits per heavy atom. The molecular formula is C14H23NO2. The first-order valence-corrected chi connectivity index (χ1v) is 6.22. The molecule has 0 saturated heterocycles. The summed E-state index contributed by atoms with van der Waals surface area (Å²) >= 11 is 0. The molecule has 0 aliphatic carbocycles. The van der Waals surface area contributed by atoms with E-state index in [1.165, 1.54) is 11.1 Å². The van der Waals surface area contributed by atoms with E-state index in [1.54, 1.807) is 7.11 Å². The molecule has 1 rings (SSSR count). The van der Waals surface area contributed by atoms with E-state index < -0.39 is 0 Å². The first kappa shape index (κ1) is 14.2. The minimum atomic E-state index is 0.679. The zero-order valence-electron chi connectivity index (χ0n) is 10.9. The average molecular weight is 237 g/mol. The van der Waals surface area contributed by atoms with E-state index >= 15 is 0 Å². The predicted octanol–water partition coefficient (Wildman–Crippen LogP) is 2.35. The van der Waals surface area contributed by atoms with Crippen LogP contribution < -0.4 is 5.32 Å². The summed E-state index contributed by atoms with van der Waals surface area (Å²) in [5.74, 6) is 0. The van der Waals surface area contributed by atoms with Crippen LogP contribution in [0.4, 0.5) is 0 Å². The van der Waals surface area contributed by atoms with Crippen molar-refractivity contribution in [2.75, 3.05) is 26.9 Å². The molecule has 0 atom stereocenters. The SMILES string of the molecule is CCCOCCNCc1ccc(COC)cc1. The number of nitrogens with one attached hydrogen (secondary N) is 1. The van der Waals surface area contributed by atoms with Gasteiger partial charge in [0.25, 0.3) is 0 Å². The highest BCUT2D eigenvalue weighted by molar-refractivity contribution is 5.21. The number of benzene rings is 1. The van der Waals surface area contributed by atoms with Crippen LogP contribution >= 0.6 is 0 Å². The lowest BCUT2D eigenvalue weighted by Crippen LogP contribution is -2.19. The van der Waals surface area contributed by atoms with Crippen LogP contribution in [0.5, 0.6) is 0 Å². The molecule has 1 aromatic rings. The van der Waals surface area contributed by atoms with Gasteiger partial charge in [-0.2, -0.15) is 0 Å². The molecule has 0 heterocycles. The lowest BCUT2D eigenvalue weighted by molar-refractivity contribution is 0.136. The van der Waals surface area contributed by atoms with E-state index in [0.717, 1.165) is 32.7 Å². The molecule has 1 aromatic carbocycles. The highest BCUT2D eigenvalue weighted by atomic mass is 16.5. The fraction of sp³-hybridized carbons (Fsp3) is 0.571. The maximum atomic E-state index is 5.39. The molecule has 0 aromatic heterocycles. The molecular weight excluding hydrogens is 214 g/mol. The van der Waals surface area contributed by atoms with E-state index in [1.807, 2.05) is 0 Å². The van der Waals surface area contributed by atoms with Gasteiger partial charge in [0.05, 0.1) is 13.2 Å². The van der Waals surface area contributed by atoms with Gasteiger partial charge in [-0.3, -0.25) is 0 Å². The molecule has 0 aliphatic rings. The zero-order chi connectivity index (χ0) is 12.3. The van der Waals surface area contributed by atoms with Gasteiger partial charge in [-0.1, -0.05) is 31.2 Å². The largest absolute Gasteiger partial charge is 0.380 e. The Morgan fingerprint density at radius 1 is 1.06 bits per heavy atom. The van der Waals surface area contributed by atoms with Gasteiger partial charge in [0, 0.05) is 26.8 Å². The van der Waals surface area contributed by atoms with E-state index in [0.29, 0.717) is 6.61 Å². The van der Waals surface area contributed by atoms with E-state index in [9.17, 15) is 0 Å². The highest BCUT2D eigenvalue weighted by Crippen LogP contribution is 2.05. The molecule has 0 fully saturated rings. The molecule has 17 heavy (non-hydrogen) atoms. The van der Waals surface area contributed by atoms with Gasteiger partial charge in [0.2, 0.25) is 0 Å². The van der Waals surface area contributed by atoms with Gasteiger partial charge in [0.15, 0.2) is 0 Å². The monoisotopic (exact) mass is 237 g/mol. The van der Waals surface area contributed by atoms with Crippen molar-refractivity contribution in [3.8, 4) is 0 Å². The van der Waals surface area contributed by atoms with Crippen LogP contribution in [0.2, 0.25) is 0 Å².